The van der Waals surface area contributed by atoms with Crippen LogP contribution in [0.15, 0.2) is 34.9 Å². The Hall–Kier alpha value is -2.47. The molecule has 134 valence electrons. The highest BCUT2D eigenvalue weighted by atomic mass is 32.1. The Balaban J connectivity index is 1.47. The average Bonchev–Trinajstić information content (AvgIpc) is 3.16. The van der Waals surface area contributed by atoms with Crippen molar-refractivity contribution < 1.29 is 9.32 Å². The van der Waals surface area contributed by atoms with Gasteiger partial charge in [-0.15, -0.1) is 11.3 Å². The summed E-state index contributed by atoms with van der Waals surface area (Å²) in [6.45, 7) is 4.01. The molecule has 0 bridgehead atoms. The Morgan fingerprint density at radius 1 is 1.31 bits per heavy atom. The standard InChI is InChI=1S/C20H21N3O2S/c1-12-6-3-4-7-15(12)10-18(24)21-16-11-17(26-13(16)2)19-22-20(25-23-19)14-8-5-9-14/h3-4,6-7,11,14H,5,8-10H2,1-2H3,(H,21,24). The lowest BCUT2D eigenvalue weighted by Gasteiger charge is -2.20. The summed E-state index contributed by atoms with van der Waals surface area (Å²) >= 11 is 1.57. The number of hydrogen-bond acceptors (Lipinski definition) is 5. The predicted octanol–water partition coefficient (Wildman–Crippen LogP) is 4.86. The highest BCUT2D eigenvalue weighted by Gasteiger charge is 2.26. The van der Waals surface area contributed by atoms with Gasteiger partial charge in [0.25, 0.3) is 0 Å². The minimum absolute atomic E-state index is 0.0185. The molecule has 0 aliphatic heterocycles. The molecule has 1 aliphatic rings. The third-order valence-corrected chi connectivity index (χ3v) is 5.97. The summed E-state index contributed by atoms with van der Waals surface area (Å²) in [7, 11) is 0. The molecule has 6 heteroatoms. The first-order valence-electron chi connectivity index (χ1n) is 8.89. The maximum absolute atomic E-state index is 12.4. The zero-order chi connectivity index (χ0) is 18.1. The molecule has 0 radical (unpaired) electrons. The van der Waals surface area contributed by atoms with Crippen molar-refractivity contribution in [3.8, 4) is 10.7 Å². The van der Waals surface area contributed by atoms with Gasteiger partial charge in [0.1, 0.15) is 0 Å². The number of hydrogen-bond donors (Lipinski definition) is 1. The summed E-state index contributed by atoms with van der Waals surface area (Å²) in [4.78, 5) is 18.9. The molecule has 1 saturated carbocycles. The van der Waals surface area contributed by atoms with Gasteiger partial charge in [-0.05, 0) is 43.9 Å². The fourth-order valence-electron chi connectivity index (χ4n) is 3.05. The molecule has 0 spiro atoms. The molecule has 1 aliphatic carbocycles. The molecular weight excluding hydrogens is 346 g/mol. The Morgan fingerprint density at radius 3 is 2.85 bits per heavy atom. The summed E-state index contributed by atoms with van der Waals surface area (Å²) in [5, 5.41) is 7.13. The second-order valence-corrected chi connectivity index (χ2v) is 8.07. The molecule has 5 nitrogen and oxygen atoms in total. The number of aryl methyl sites for hydroxylation is 2. The van der Waals surface area contributed by atoms with Crippen molar-refractivity contribution in [2.75, 3.05) is 5.32 Å². The van der Waals surface area contributed by atoms with Gasteiger partial charge in [0, 0.05) is 10.8 Å². The van der Waals surface area contributed by atoms with Gasteiger partial charge in [-0.3, -0.25) is 4.79 Å². The van der Waals surface area contributed by atoms with Crippen molar-refractivity contribution in [1.29, 1.82) is 0 Å². The van der Waals surface area contributed by atoms with Crippen LogP contribution in [0.3, 0.4) is 0 Å². The van der Waals surface area contributed by atoms with Gasteiger partial charge in [0.2, 0.25) is 17.6 Å². The molecule has 0 atom stereocenters. The number of anilines is 1. The van der Waals surface area contributed by atoms with Gasteiger partial charge >= 0.3 is 0 Å². The Morgan fingerprint density at radius 2 is 2.12 bits per heavy atom. The average molecular weight is 367 g/mol. The number of nitrogens with zero attached hydrogens (tertiary/aromatic N) is 2. The fraction of sp³-hybridized carbons (Fsp3) is 0.350. The van der Waals surface area contributed by atoms with Crippen molar-refractivity contribution in [2.24, 2.45) is 0 Å². The van der Waals surface area contributed by atoms with E-state index in [2.05, 4.69) is 15.5 Å². The van der Waals surface area contributed by atoms with Gasteiger partial charge in [-0.2, -0.15) is 4.98 Å². The van der Waals surface area contributed by atoms with Crippen LogP contribution in [0, 0.1) is 13.8 Å². The topological polar surface area (TPSA) is 68.0 Å². The lowest BCUT2D eigenvalue weighted by molar-refractivity contribution is -0.115. The Labute approximate surface area is 156 Å². The summed E-state index contributed by atoms with van der Waals surface area (Å²) in [6, 6.07) is 9.88. The van der Waals surface area contributed by atoms with Gasteiger partial charge in [0.05, 0.1) is 17.0 Å². The van der Waals surface area contributed by atoms with Crippen LogP contribution >= 0.6 is 11.3 Å². The van der Waals surface area contributed by atoms with Crippen molar-refractivity contribution >= 4 is 22.9 Å². The van der Waals surface area contributed by atoms with Crippen molar-refractivity contribution in [3.63, 3.8) is 0 Å². The van der Waals surface area contributed by atoms with E-state index >= 15 is 0 Å². The smallest absolute Gasteiger partial charge is 0.230 e. The van der Waals surface area contributed by atoms with Crippen LogP contribution in [0.25, 0.3) is 10.7 Å². The number of carbonyl (C=O) groups excluding carboxylic acids is 1. The molecule has 26 heavy (non-hydrogen) atoms. The highest BCUT2D eigenvalue weighted by Crippen LogP contribution is 2.38. The van der Waals surface area contributed by atoms with Crippen LogP contribution in [-0.4, -0.2) is 16.0 Å². The van der Waals surface area contributed by atoms with Crippen LogP contribution in [-0.2, 0) is 11.2 Å². The lowest BCUT2D eigenvalue weighted by atomic mass is 9.85. The monoisotopic (exact) mass is 367 g/mol. The largest absolute Gasteiger partial charge is 0.339 e. The summed E-state index contributed by atoms with van der Waals surface area (Å²) in [5.74, 6) is 1.75. The molecule has 2 heterocycles. The molecular formula is C20H21N3O2S. The third kappa shape index (κ3) is 3.42. The SMILES string of the molecule is Cc1ccccc1CC(=O)Nc1cc(-c2noc(C3CCC3)n2)sc1C. The van der Waals surface area contributed by atoms with Crippen molar-refractivity contribution in [3.05, 3.63) is 52.2 Å². The Kier molecular flexibility index (Phi) is 4.59. The maximum atomic E-state index is 12.4. The van der Waals surface area contributed by atoms with E-state index in [4.69, 9.17) is 4.52 Å². The van der Waals surface area contributed by atoms with Crippen LogP contribution in [0.5, 0.6) is 0 Å². The number of amides is 1. The van der Waals surface area contributed by atoms with Crippen LogP contribution in [0.2, 0.25) is 0 Å². The molecule has 2 aromatic heterocycles. The third-order valence-electron chi connectivity index (χ3n) is 4.92. The van der Waals surface area contributed by atoms with Gasteiger partial charge in [-0.1, -0.05) is 35.8 Å². The molecule has 1 aromatic carbocycles. The van der Waals surface area contributed by atoms with E-state index in [1.807, 2.05) is 44.2 Å². The van der Waals surface area contributed by atoms with Crippen molar-refractivity contribution in [2.45, 2.75) is 45.4 Å². The highest BCUT2D eigenvalue weighted by molar-refractivity contribution is 7.16. The lowest BCUT2D eigenvalue weighted by Crippen LogP contribution is -2.15. The van der Waals surface area contributed by atoms with E-state index in [-0.39, 0.29) is 5.91 Å². The normalized spacial score (nSPS) is 14.2. The first kappa shape index (κ1) is 17.0. The first-order valence-corrected chi connectivity index (χ1v) is 9.70. The molecule has 4 rings (SSSR count). The summed E-state index contributed by atoms with van der Waals surface area (Å²) < 4.78 is 5.40. The summed E-state index contributed by atoms with van der Waals surface area (Å²) in [6.07, 6.45) is 3.86. The van der Waals surface area contributed by atoms with Gasteiger partial charge in [0.15, 0.2) is 0 Å². The number of rotatable bonds is 5. The van der Waals surface area contributed by atoms with E-state index in [1.54, 1.807) is 11.3 Å². The van der Waals surface area contributed by atoms with Crippen LogP contribution in [0.1, 0.15) is 47.1 Å². The minimum atomic E-state index is -0.0185. The molecule has 3 aromatic rings. The Bertz CT molecular complexity index is 940. The first-order chi connectivity index (χ1) is 12.6. The van der Waals surface area contributed by atoms with Crippen LogP contribution < -0.4 is 5.32 Å². The van der Waals surface area contributed by atoms with E-state index in [0.29, 0.717) is 18.2 Å². The second kappa shape index (κ2) is 7.03. The molecule has 0 unspecified atom stereocenters. The molecule has 0 saturated heterocycles. The molecule has 1 fully saturated rings. The number of nitrogens with one attached hydrogen (secondary N) is 1. The van der Waals surface area contributed by atoms with E-state index in [1.165, 1.54) is 6.42 Å². The summed E-state index contributed by atoms with van der Waals surface area (Å²) in [5.41, 5.74) is 2.99. The van der Waals surface area contributed by atoms with E-state index < -0.39 is 0 Å². The van der Waals surface area contributed by atoms with Crippen LogP contribution in [0.4, 0.5) is 5.69 Å². The number of thiophene rings is 1. The fourth-order valence-corrected chi connectivity index (χ4v) is 3.95. The van der Waals surface area contributed by atoms with Crippen molar-refractivity contribution in [1.82, 2.24) is 10.1 Å². The second-order valence-electron chi connectivity index (χ2n) is 6.82. The number of carbonyl (C=O) groups is 1. The zero-order valence-electron chi connectivity index (χ0n) is 14.9. The van der Waals surface area contributed by atoms with Gasteiger partial charge in [-0.25, -0.2) is 0 Å². The quantitative estimate of drug-likeness (QED) is 0.699. The maximum Gasteiger partial charge on any atom is 0.230 e. The predicted molar refractivity (Wildman–Crippen MR) is 102 cm³/mol. The number of benzene rings is 1. The molecule has 1 amide bonds. The zero-order valence-corrected chi connectivity index (χ0v) is 15.7. The van der Waals surface area contributed by atoms with Gasteiger partial charge < -0.3 is 9.84 Å². The molecule has 1 N–H and O–H groups in total. The van der Waals surface area contributed by atoms with E-state index in [9.17, 15) is 4.79 Å². The minimum Gasteiger partial charge on any atom is -0.339 e. The van der Waals surface area contributed by atoms with E-state index in [0.717, 1.165) is 45.3 Å². The number of aromatic nitrogens is 2.